The lowest BCUT2D eigenvalue weighted by Gasteiger charge is -1.99. The van der Waals surface area contributed by atoms with Gasteiger partial charge in [0.1, 0.15) is 11.5 Å². The third-order valence-corrected chi connectivity index (χ3v) is 3.82. The van der Waals surface area contributed by atoms with Gasteiger partial charge in [-0.05, 0) is 60.2 Å². The summed E-state index contributed by atoms with van der Waals surface area (Å²) in [5.74, 6) is 1.34. The summed E-state index contributed by atoms with van der Waals surface area (Å²) in [5, 5.41) is 10.7. The normalized spacial score (nSPS) is 11.3. The lowest BCUT2D eigenvalue weighted by Crippen LogP contribution is -1.80. The van der Waals surface area contributed by atoms with E-state index in [0.717, 1.165) is 16.9 Å². The number of rotatable bonds is 3. The first-order chi connectivity index (χ1) is 11.2. The summed E-state index contributed by atoms with van der Waals surface area (Å²) in [4.78, 5) is 0. The van der Waals surface area contributed by atoms with Crippen LogP contribution in [-0.2, 0) is 0 Å². The first kappa shape index (κ1) is 15.4. The van der Waals surface area contributed by atoms with Gasteiger partial charge in [-0.2, -0.15) is 5.26 Å². The van der Waals surface area contributed by atoms with Crippen molar-refractivity contribution in [3.8, 4) is 17.4 Å². The van der Waals surface area contributed by atoms with Gasteiger partial charge in [-0.15, -0.1) is 0 Å². The molecule has 1 heterocycles. The van der Waals surface area contributed by atoms with Gasteiger partial charge in [-0.3, -0.25) is 0 Å². The molecule has 0 atom stereocenters. The average Bonchev–Trinajstić information content (AvgIpc) is 3.03. The predicted octanol–water partition coefficient (Wildman–Crippen LogP) is 6.32. The van der Waals surface area contributed by atoms with Gasteiger partial charge < -0.3 is 4.42 Å². The van der Waals surface area contributed by atoms with Crippen molar-refractivity contribution < 1.29 is 4.42 Å². The Morgan fingerprint density at radius 2 is 1.48 bits per heavy atom. The molecule has 0 fully saturated rings. The minimum absolute atomic E-state index is 0.513. The Bertz CT molecular complexity index is 884. The van der Waals surface area contributed by atoms with Crippen LogP contribution in [0, 0.1) is 11.3 Å². The van der Waals surface area contributed by atoms with E-state index in [1.54, 1.807) is 30.3 Å². The van der Waals surface area contributed by atoms with Crippen molar-refractivity contribution in [3.05, 3.63) is 82.0 Å². The van der Waals surface area contributed by atoms with Crippen molar-refractivity contribution in [2.24, 2.45) is 0 Å². The number of hydrogen-bond acceptors (Lipinski definition) is 2. The van der Waals surface area contributed by atoms with E-state index in [1.165, 1.54) is 0 Å². The topological polar surface area (TPSA) is 36.9 Å². The average molecular weight is 340 g/mol. The summed E-state index contributed by atoms with van der Waals surface area (Å²) in [6, 6.07) is 20.4. The smallest absolute Gasteiger partial charge is 0.134 e. The molecule has 112 valence electrons. The van der Waals surface area contributed by atoms with Crippen LogP contribution in [0.15, 0.2) is 65.1 Å². The van der Waals surface area contributed by atoms with Crippen LogP contribution in [0.25, 0.3) is 23.0 Å². The highest BCUT2D eigenvalue weighted by Crippen LogP contribution is 2.26. The molecule has 0 amide bonds. The number of allylic oxidation sites excluding steroid dienone is 1. The monoisotopic (exact) mass is 339 g/mol. The SMILES string of the molecule is N#C/C(=C/c1ccc(-c2ccc(Cl)cc2)o1)c1ccc(Cl)cc1. The van der Waals surface area contributed by atoms with Gasteiger partial charge in [0.15, 0.2) is 0 Å². The second-order valence-electron chi connectivity index (χ2n) is 4.89. The molecular weight excluding hydrogens is 329 g/mol. The van der Waals surface area contributed by atoms with Crippen LogP contribution in [0.2, 0.25) is 10.0 Å². The second kappa shape index (κ2) is 6.75. The van der Waals surface area contributed by atoms with Crippen LogP contribution in [0.5, 0.6) is 0 Å². The van der Waals surface area contributed by atoms with E-state index in [1.807, 2.05) is 36.4 Å². The van der Waals surface area contributed by atoms with Crippen LogP contribution >= 0.6 is 23.2 Å². The van der Waals surface area contributed by atoms with Gasteiger partial charge in [0, 0.05) is 15.6 Å². The molecule has 0 aliphatic heterocycles. The highest BCUT2D eigenvalue weighted by Gasteiger charge is 2.06. The molecule has 0 saturated carbocycles. The van der Waals surface area contributed by atoms with Gasteiger partial charge >= 0.3 is 0 Å². The Kier molecular flexibility index (Phi) is 4.52. The molecular formula is C19H11Cl2NO. The lowest BCUT2D eigenvalue weighted by atomic mass is 10.1. The van der Waals surface area contributed by atoms with Crippen LogP contribution in [-0.4, -0.2) is 0 Å². The quantitative estimate of drug-likeness (QED) is 0.523. The van der Waals surface area contributed by atoms with Crippen molar-refractivity contribution in [2.75, 3.05) is 0 Å². The van der Waals surface area contributed by atoms with Crippen molar-refractivity contribution in [3.63, 3.8) is 0 Å². The Labute approximate surface area is 144 Å². The van der Waals surface area contributed by atoms with Gasteiger partial charge in [0.25, 0.3) is 0 Å². The maximum absolute atomic E-state index is 9.36. The maximum Gasteiger partial charge on any atom is 0.134 e. The molecule has 3 aromatic rings. The molecule has 2 nitrogen and oxygen atoms in total. The van der Waals surface area contributed by atoms with Gasteiger partial charge in [-0.25, -0.2) is 0 Å². The first-order valence-electron chi connectivity index (χ1n) is 6.89. The van der Waals surface area contributed by atoms with Crippen LogP contribution in [0.4, 0.5) is 0 Å². The number of benzene rings is 2. The largest absolute Gasteiger partial charge is 0.457 e. The molecule has 4 heteroatoms. The molecule has 0 saturated heterocycles. The highest BCUT2D eigenvalue weighted by molar-refractivity contribution is 6.30. The number of nitrogens with zero attached hydrogens (tertiary/aromatic N) is 1. The lowest BCUT2D eigenvalue weighted by molar-refractivity contribution is 0.572. The molecule has 0 spiro atoms. The van der Waals surface area contributed by atoms with E-state index in [9.17, 15) is 5.26 Å². The zero-order valence-corrected chi connectivity index (χ0v) is 13.5. The van der Waals surface area contributed by atoms with Crippen molar-refractivity contribution in [1.82, 2.24) is 0 Å². The predicted molar refractivity (Wildman–Crippen MR) is 94.1 cm³/mol. The Morgan fingerprint density at radius 1 is 0.870 bits per heavy atom. The van der Waals surface area contributed by atoms with E-state index in [0.29, 0.717) is 21.4 Å². The summed E-state index contributed by atoms with van der Waals surface area (Å²) in [6.45, 7) is 0. The van der Waals surface area contributed by atoms with Gasteiger partial charge in [0.05, 0.1) is 11.6 Å². The Morgan fingerprint density at radius 3 is 2.09 bits per heavy atom. The molecule has 0 N–H and O–H groups in total. The fourth-order valence-electron chi connectivity index (χ4n) is 2.15. The molecule has 1 aromatic heterocycles. The fourth-order valence-corrected chi connectivity index (χ4v) is 2.40. The van der Waals surface area contributed by atoms with E-state index >= 15 is 0 Å². The summed E-state index contributed by atoms with van der Waals surface area (Å²) < 4.78 is 5.79. The molecule has 3 rings (SSSR count). The first-order valence-corrected chi connectivity index (χ1v) is 7.65. The number of hydrogen-bond donors (Lipinski definition) is 0. The van der Waals surface area contributed by atoms with E-state index < -0.39 is 0 Å². The zero-order valence-electron chi connectivity index (χ0n) is 12.0. The van der Waals surface area contributed by atoms with Crippen LogP contribution in [0.1, 0.15) is 11.3 Å². The molecule has 0 aliphatic rings. The summed E-state index contributed by atoms with van der Waals surface area (Å²) in [5.41, 5.74) is 2.24. The minimum Gasteiger partial charge on any atom is -0.457 e. The van der Waals surface area contributed by atoms with E-state index in [2.05, 4.69) is 6.07 Å². The van der Waals surface area contributed by atoms with Crippen molar-refractivity contribution >= 4 is 34.9 Å². The molecule has 0 aliphatic carbocycles. The molecule has 0 radical (unpaired) electrons. The Hall–Kier alpha value is -2.47. The third kappa shape index (κ3) is 3.65. The van der Waals surface area contributed by atoms with Crippen LogP contribution in [0.3, 0.4) is 0 Å². The molecule has 23 heavy (non-hydrogen) atoms. The molecule has 0 unspecified atom stereocenters. The van der Waals surface area contributed by atoms with Crippen molar-refractivity contribution in [2.45, 2.75) is 0 Å². The Balaban J connectivity index is 1.91. The number of halogens is 2. The third-order valence-electron chi connectivity index (χ3n) is 3.32. The maximum atomic E-state index is 9.36. The number of nitriles is 1. The summed E-state index contributed by atoms with van der Waals surface area (Å²) in [7, 11) is 0. The van der Waals surface area contributed by atoms with Crippen LogP contribution < -0.4 is 0 Å². The van der Waals surface area contributed by atoms with E-state index in [4.69, 9.17) is 27.6 Å². The van der Waals surface area contributed by atoms with Crippen molar-refractivity contribution in [1.29, 1.82) is 5.26 Å². The highest BCUT2D eigenvalue weighted by atomic mass is 35.5. The minimum atomic E-state index is 0.513. The van der Waals surface area contributed by atoms with Gasteiger partial charge in [-0.1, -0.05) is 35.3 Å². The standard InChI is InChI=1S/C19H11Cl2NO/c20-16-5-1-13(2-6-16)15(12-22)11-18-9-10-19(23-18)14-3-7-17(21)8-4-14/h1-11H/b15-11-. The van der Waals surface area contributed by atoms with Gasteiger partial charge in [0.2, 0.25) is 0 Å². The summed E-state index contributed by atoms with van der Waals surface area (Å²) in [6.07, 6.45) is 1.71. The number of furan rings is 1. The second-order valence-corrected chi connectivity index (χ2v) is 5.76. The summed E-state index contributed by atoms with van der Waals surface area (Å²) >= 11 is 11.8. The molecule has 0 bridgehead atoms. The zero-order chi connectivity index (χ0) is 16.2. The fraction of sp³-hybridized carbons (Fsp3) is 0. The van der Waals surface area contributed by atoms with E-state index in [-0.39, 0.29) is 0 Å². The molecule has 2 aromatic carbocycles.